The first kappa shape index (κ1) is 26.4. The lowest BCUT2D eigenvalue weighted by atomic mass is 9.83. The molecular formula is C27H34ClN7O3. The SMILES string of the molecule is CCC1COCCN1c1nc2nc(C(=N)OC(N)=O)nc(-c3cccc(Cl)c3)c2n1CC1CCC(C)CC1. The largest absolute Gasteiger partial charge is 0.411 e. The Bertz CT molecular complexity index is 1340. The minimum atomic E-state index is -1.10. The summed E-state index contributed by atoms with van der Waals surface area (Å²) in [5.41, 5.74) is 7.72. The van der Waals surface area contributed by atoms with Gasteiger partial charge in [-0.2, -0.15) is 4.98 Å². The number of halogens is 1. The molecule has 1 aliphatic heterocycles. The second-order valence-corrected chi connectivity index (χ2v) is 10.7. The van der Waals surface area contributed by atoms with Crippen LogP contribution in [0.4, 0.5) is 10.7 Å². The number of hydrogen-bond acceptors (Lipinski definition) is 8. The molecule has 202 valence electrons. The number of anilines is 1. The van der Waals surface area contributed by atoms with Crippen molar-refractivity contribution < 1.29 is 14.3 Å². The van der Waals surface area contributed by atoms with Gasteiger partial charge in [0.25, 0.3) is 5.90 Å². The smallest absolute Gasteiger partial charge is 0.388 e. The molecule has 0 radical (unpaired) electrons. The van der Waals surface area contributed by atoms with Crippen molar-refractivity contribution in [3.8, 4) is 11.3 Å². The number of carbonyl (C=O) groups excluding carboxylic acids is 1. The van der Waals surface area contributed by atoms with Gasteiger partial charge in [0.05, 0.1) is 19.3 Å². The van der Waals surface area contributed by atoms with Crippen LogP contribution in [0.1, 0.15) is 51.8 Å². The number of fused-ring (bicyclic) bond motifs is 1. The van der Waals surface area contributed by atoms with E-state index in [4.69, 9.17) is 42.2 Å². The Morgan fingerprint density at radius 2 is 2.03 bits per heavy atom. The van der Waals surface area contributed by atoms with E-state index in [0.29, 0.717) is 35.5 Å². The highest BCUT2D eigenvalue weighted by Gasteiger charge is 2.31. The molecule has 1 amide bonds. The van der Waals surface area contributed by atoms with E-state index >= 15 is 0 Å². The number of morpholine rings is 1. The number of hydrogen-bond donors (Lipinski definition) is 2. The van der Waals surface area contributed by atoms with Gasteiger partial charge in [0.2, 0.25) is 11.8 Å². The molecule has 2 aliphatic rings. The van der Waals surface area contributed by atoms with E-state index < -0.39 is 12.0 Å². The number of rotatable bonds is 6. The average molecular weight is 540 g/mol. The van der Waals surface area contributed by atoms with Crippen molar-refractivity contribution >= 4 is 40.7 Å². The predicted molar refractivity (Wildman–Crippen MR) is 147 cm³/mol. The summed E-state index contributed by atoms with van der Waals surface area (Å²) in [6, 6.07) is 7.58. The van der Waals surface area contributed by atoms with Crippen LogP contribution in [0.3, 0.4) is 0 Å². The molecule has 5 rings (SSSR count). The normalized spacial score (nSPS) is 22.0. The molecule has 1 saturated heterocycles. The molecule has 2 fully saturated rings. The Morgan fingerprint density at radius 1 is 1.24 bits per heavy atom. The summed E-state index contributed by atoms with van der Waals surface area (Å²) in [7, 11) is 0. The summed E-state index contributed by atoms with van der Waals surface area (Å²) >= 11 is 6.37. The van der Waals surface area contributed by atoms with Crippen LogP contribution in [0.2, 0.25) is 5.02 Å². The van der Waals surface area contributed by atoms with Gasteiger partial charge in [0, 0.05) is 23.7 Å². The van der Waals surface area contributed by atoms with Crippen LogP contribution in [0.15, 0.2) is 24.3 Å². The Balaban J connectivity index is 1.72. The molecule has 2 aromatic heterocycles. The van der Waals surface area contributed by atoms with Gasteiger partial charge in [0.1, 0.15) is 11.2 Å². The number of ether oxygens (including phenoxy) is 2. The maximum atomic E-state index is 11.4. The molecular weight excluding hydrogens is 506 g/mol. The summed E-state index contributed by atoms with van der Waals surface area (Å²) in [6.45, 7) is 7.24. The van der Waals surface area contributed by atoms with Crippen LogP contribution in [0.25, 0.3) is 22.4 Å². The molecule has 38 heavy (non-hydrogen) atoms. The number of benzene rings is 1. The molecule has 3 N–H and O–H groups in total. The highest BCUT2D eigenvalue weighted by Crippen LogP contribution is 2.36. The summed E-state index contributed by atoms with van der Waals surface area (Å²) in [5.74, 6) is 1.48. The third kappa shape index (κ3) is 5.47. The van der Waals surface area contributed by atoms with Gasteiger partial charge in [-0.25, -0.2) is 14.8 Å². The Morgan fingerprint density at radius 3 is 2.74 bits per heavy atom. The van der Waals surface area contributed by atoms with E-state index in [9.17, 15) is 4.79 Å². The summed E-state index contributed by atoms with van der Waals surface area (Å²) in [5, 5.41) is 8.80. The van der Waals surface area contributed by atoms with Crippen molar-refractivity contribution in [3.63, 3.8) is 0 Å². The second-order valence-electron chi connectivity index (χ2n) is 10.3. The van der Waals surface area contributed by atoms with Crippen LogP contribution >= 0.6 is 11.6 Å². The van der Waals surface area contributed by atoms with Crippen molar-refractivity contribution in [1.29, 1.82) is 5.41 Å². The quantitative estimate of drug-likeness (QED) is 0.332. The summed E-state index contributed by atoms with van der Waals surface area (Å²) in [6.07, 6.45) is 4.56. The molecule has 1 aromatic carbocycles. The Kier molecular flexibility index (Phi) is 7.80. The van der Waals surface area contributed by atoms with E-state index in [2.05, 4.69) is 28.3 Å². The maximum absolute atomic E-state index is 11.4. The fourth-order valence-electron chi connectivity index (χ4n) is 5.53. The molecule has 3 heterocycles. The zero-order valence-electron chi connectivity index (χ0n) is 21.8. The van der Waals surface area contributed by atoms with Gasteiger partial charge in [0.15, 0.2) is 5.65 Å². The first-order valence-electron chi connectivity index (χ1n) is 13.3. The molecule has 0 bridgehead atoms. The van der Waals surface area contributed by atoms with Gasteiger partial charge < -0.3 is 24.7 Å². The number of nitrogens with zero attached hydrogens (tertiary/aromatic N) is 5. The zero-order valence-corrected chi connectivity index (χ0v) is 22.6. The van der Waals surface area contributed by atoms with Gasteiger partial charge in [-0.05, 0) is 43.2 Å². The van der Waals surface area contributed by atoms with Crippen molar-refractivity contribution in [3.05, 3.63) is 35.1 Å². The minimum Gasteiger partial charge on any atom is -0.388 e. The van der Waals surface area contributed by atoms with Crippen LogP contribution < -0.4 is 10.6 Å². The monoisotopic (exact) mass is 539 g/mol. The number of imidazole rings is 1. The molecule has 3 aromatic rings. The van der Waals surface area contributed by atoms with Crippen molar-refractivity contribution in [2.75, 3.05) is 24.7 Å². The molecule has 1 atom stereocenters. The molecule has 1 saturated carbocycles. The molecule has 10 nitrogen and oxygen atoms in total. The second kappa shape index (κ2) is 11.2. The van der Waals surface area contributed by atoms with E-state index in [1.807, 2.05) is 18.2 Å². The summed E-state index contributed by atoms with van der Waals surface area (Å²) in [4.78, 5) is 28.0. The summed E-state index contributed by atoms with van der Waals surface area (Å²) < 4.78 is 12.9. The third-order valence-electron chi connectivity index (χ3n) is 7.62. The number of primary amides is 1. The molecule has 11 heteroatoms. The Hall–Kier alpha value is -3.24. The number of nitrogens with one attached hydrogen (secondary N) is 1. The highest BCUT2D eigenvalue weighted by atomic mass is 35.5. The van der Waals surface area contributed by atoms with Crippen LogP contribution in [-0.2, 0) is 16.0 Å². The topological polar surface area (TPSA) is 132 Å². The lowest BCUT2D eigenvalue weighted by Gasteiger charge is -2.37. The van der Waals surface area contributed by atoms with Crippen LogP contribution in [0, 0.1) is 17.2 Å². The van der Waals surface area contributed by atoms with Crippen LogP contribution in [-0.4, -0.2) is 57.3 Å². The van der Waals surface area contributed by atoms with Gasteiger partial charge >= 0.3 is 6.09 Å². The van der Waals surface area contributed by atoms with Crippen molar-refractivity contribution in [2.24, 2.45) is 17.6 Å². The van der Waals surface area contributed by atoms with Gasteiger partial charge in [-0.1, -0.05) is 50.4 Å². The average Bonchev–Trinajstić information content (AvgIpc) is 3.27. The number of carbonyl (C=O) groups is 1. The minimum absolute atomic E-state index is 0.0667. The number of amides is 1. The zero-order chi connectivity index (χ0) is 26.8. The number of aromatic nitrogens is 4. The predicted octanol–water partition coefficient (Wildman–Crippen LogP) is 5.01. The third-order valence-corrected chi connectivity index (χ3v) is 7.85. The lowest BCUT2D eigenvalue weighted by Crippen LogP contribution is -2.46. The van der Waals surface area contributed by atoms with Crippen molar-refractivity contribution in [2.45, 2.75) is 58.5 Å². The first-order chi connectivity index (χ1) is 18.3. The van der Waals surface area contributed by atoms with E-state index in [1.54, 1.807) is 6.07 Å². The fraction of sp³-hybridized carbons (Fsp3) is 0.519. The molecule has 1 unspecified atom stereocenters. The molecule has 0 spiro atoms. The van der Waals surface area contributed by atoms with Gasteiger partial charge in [-0.15, -0.1) is 0 Å². The Labute approximate surface area is 227 Å². The lowest BCUT2D eigenvalue weighted by molar-refractivity contribution is 0.0916. The first-order valence-corrected chi connectivity index (χ1v) is 13.7. The van der Waals surface area contributed by atoms with E-state index in [-0.39, 0.29) is 11.9 Å². The maximum Gasteiger partial charge on any atom is 0.411 e. The van der Waals surface area contributed by atoms with Gasteiger partial charge in [-0.3, -0.25) is 5.41 Å². The standard InChI is InChI=1S/C27H34ClN7O3/c1-3-20-15-37-12-11-34(20)27-33-24-22(35(27)14-17-9-7-16(2)8-10-17)21(18-5-4-6-19(28)13-18)31-25(32-24)23(29)38-26(30)36/h4-6,13,16-17,20,29H,3,7-12,14-15H2,1-2H3,(H2,30,36). The number of nitrogens with two attached hydrogens (primary N) is 1. The van der Waals surface area contributed by atoms with Crippen LogP contribution in [0.5, 0.6) is 0 Å². The fourth-order valence-corrected chi connectivity index (χ4v) is 5.72. The van der Waals surface area contributed by atoms with E-state index in [1.165, 1.54) is 12.8 Å². The van der Waals surface area contributed by atoms with Crippen molar-refractivity contribution in [1.82, 2.24) is 19.5 Å². The highest BCUT2D eigenvalue weighted by molar-refractivity contribution is 6.30. The van der Waals surface area contributed by atoms with E-state index in [0.717, 1.165) is 55.3 Å². The molecule has 1 aliphatic carbocycles.